The number of anilines is 1. The minimum absolute atomic E-state index is 0.251. The summed E-state index contributed by atoms with van der Waals surface area (Å²) in [7, 11) is 0. The van der Waals surface area contributed by atoms with Crippen molar-refractivity contribution in [3.8, 4) is 0 Å². The Morgan fingerprint density at radius 3 is 2.33 bits per heavy atom. The molecule has 2 aliphatic rings. The molecule has 2 aromatic rings. The molecule has 1 N–H and O–H groups in total. The van der Waals surface area contributed by atoms with Crippen LogP contribution < -0.4 is 4.90 Å². The van der Waals surface area contributed by atoms with Gasteiger partial charge in [0, 0.05) is 24.2 Å². The topological polar surface area (TPSA) is 49.2 Å². The van der Waals surface area contributed by atoms with E-state index in [1.165, 1.54) is 0 Å². The smallest absolute Gasteiger partial charge is 0.161 e. The Hall–Kier alpha value is -1.82. The Kier molecular flexibility index (Phi) is 2.82. The molecule has 21 heavy (non-hydrogen) atoms. The lowest BCUT2D eigenvalue weighted by Gasteiger charge is -2.37. The second-order valence-electron chi connectivity index (χ2n) is 5.90. The van der Waals surface area contributed by atoms with Crippen molar-refractivity contribution in [3.05, 3.63) is 30.0 Å². The third-order valence-electron chi connectivity index (χ3n) is 4.54. The summed E-state index contributed by atoms with van der Waals surface area (Å²) in [6, 6.07) is 2.67. The quantitative estimate of drug-likeness (QED) is 0.876. The zero-order chi connectivity index (χ0) is 14.6. The molecule has 4 rings (SSSR count). The van der Waals surface area contributed by atoms with Crippen LogP contribution in [0.1, 0.15) is 25.7 Å². The Bertz CT molecular complexity index is 695. The third kappa shape index (κ3) is 2.05. The molecule has 2 unspecified atom stereocenters. The summed E-state index contributed by atoms with van der Waals surface area (Å²) in [6.45, 7) is 0. The first-order valence-corrected chi connectivity index (χ1v) is 7.20. The van der Waals surface area contributed by atoms with Crippen molar-refractivity contribution in [2.75, 3.05) is 4.90 Å². The molecular weight excluding hydrogens is 276 g/mol. The number of halogens is 2. The standard InChI is InChI=1S/C15H15F2N3O/c16-11-5-13-14(6-12(11)17)19-15(7-18-13)20-8-1-2-9(20)4-10(21)3-8/h5-10,21H,1-4H2. The molecule has 6 heteroatoms. The Labute approximate surface area is 120 Å². The molecule has 2 atom stereocenters. The predicted molar refractivity (Wildman–Crippen MR) is 74.0 cm³/mol. The minimum atomic E-state index is -0.911. The summed E-state index contributed by atoms with van der Waals surface area (Å²) in [5.74, 6) is -1.13. The van der Waals surface area contributed by atoms with Crippen LogP contribution in [0.2, 0.25) is 0 Å². The van der Waals surface area contributed by atoms with Crippen LogP contribution in [0.15, 0.2) is 18.3 Å². The molecule has 3 heterocycles. The first kappa shape index (κ1) is 12.9. The summed E-state index contributed by atoms with van der Waals surface area (Å²) < 4.78 is 26.6. The first-order chi connectivity index (χ1) is 10.1. The lowest BCUT2D eigenvalue weighted by Crippen LogP contribution is -2.45. The van der Waals surface area contributed by atoms with Gasteiger partial charge in [0.1, 0.15) is 5.82 Å². The van der Waals surface area contributed by atoms with Crippen molar-refractivity contribution in [2.24, 2.45) is 0 Å². The van der Waals surface area contributed by atoms with Gasteiger partial charge >= 0.3 is 0 Å². The lowest BCUT2D eigenvalue weighted by molar-refractivity contribution is 0.126. The number of aliphatic hydroxyl groups excluding tert-OH is 1. The normalized spacial score (nSPS) is 28.3. The maximum absolute atomic E-state index is 13.4. The highest BCUT2D eigenvalue weighted by Crippen LogP contribution is 2.38. The van der Waals surface area contributed by atoms with Gasteiger partial charge in [0.05, 0.1) is 23.3 Å². The van der Waals surface area contributed by atoms with E-state index in [0.717, 1.165) is 37.8 Å². The van der Waals surface area contributed by atoms with Crippen LogP contribution in [0, 0.1) is 11.6 Å². The van der Waals surface area contributed by atoms with Crippen LogP contribution in [0.25, 0.3) is 11.0 Å². The van der Waals surface area contributed by atoms with E-state index in [0.29, 0.717) is 16.9 Å². The molecule has 0 radical (unpaired) electrons. The van der Waals surface area contributed by atoms with Crippen molar-refractivity contribution in [1.82, 2.24) is 9.97 Å². The monoisotopic (exact) mass is 291 g/mol. The van der Waals surface area contributed by atoms with Crippen molar-refractivity contribution < 1.29 is 13.9 Å². The highest BCUT2D eigenvalue weighted by molar-refractivity contribution is 5.76. The van der Waals surface area contributed by atoms with Crippen LogP contribution in [0.4, 0.5) is 14.6 Å². The van der Waals surface area contributed by atoms with Crippen LogP contribution in [-0.2, 0) is 0 Å². The van der Waals surface area contributed by atoms with E-state index in [1.807, 2.05) is 0 Å². The summed E-state index contributed by atoms with van der Waals surface area (Å²) >= 11 is 0. The minimum Gasteiger partial charge on any atom is -0.393 e. The van der Waals surface area contributed by atoms with E-state index >= 15 is 0 Å². The van der Waals surface area contributed by atoms with Crippen LogP contribution in [-0.4, -0.2) is 33.3 Å². The molecule has 110 valence electrons. The number of piperidine rings is 1. The number of aliphatic hydroxyl groups is 1. The largest absolute Gasteiger partial charge is 0.393 e. The molecule has 0 amide bonds. The fourth-order valence-electron chi connectivity index (χ4n) is 3.65. The molecule has 0 aliphatic carbocycles. The van der Waals surface area contributed by atoms with Gasteiger partial charge in [0.15, 0.2) is 11.6 Å². The van der Waals surface area contributed by atoms with Crippen LogP contribution in [0.5, 0.6) is 0 Å². The van der Waals surface area contributed by atoms with Crippen LogP contribution in [0.3, 0.4) is 0 Å². The number of rotatable bonds is 1. The number of benzene rings is 1. The van der Waals surface area contributed by atoms with E-state index in [1.54, 1.807) is 6.20 Å². The van der Waals surface area contributed by atoms with Crippen molar-refractivity contribution in [1.29, 1.82) is 0 Å². The van der Waals surface area contributed by atoms with Gasteiger partial charge in [-0.3, -0.25) is 4.98 Å². The fourth-order valence-corrected chi connectivity index (χ4v) is 3.65. The van der Waals surface area contributed by atoms with Gasteiger partial charge in [-0.25, -0.2) is 13.8 Å². The van der Waals surface area contributed by atoms with Gasteiger partial charge in [0.25, 0.3) is 0 Å². The zero-order valence-electron chi connectivity index (χ0n) is 11.3. The molecule has 2 aliphatic heterocycles. The molecule has 2 fully saturated rings. The summed E-state index contributed by atoms with van der Waals surface area (Å²) in [5.41, 5.74) is 0.707. The first-order valence-electron chi connectivity index (χ1n) is 7.20. The summed E-state index contributed by atoms with van der Waals surface area (Å²) in [5, 5.41) is 9.84. The van der Waals surface area contributed by atoms with Gasteiger partial charge in [0.2, 0.25) is 0 Å². The van der Waals surface area contributed by atoms with E-state index in [9.17, 15) is 13.9 Å². The molecular formula is C15H15F2N3O. The maximum atomic E-state index is 13.4. The van der Waals surface area contributed by atoms with Crippen LogP contribution >= 0.6 is 0 Å². The van der Waals surface area contributed by atoms with Crippen molar-refractivity contribution in [2.45, 2.75) is 43.9 Å². The molecule has 1 aromatic heterocycles. The predicted octanol–water partition coefficient (Wildman–Crippen LogP) is 2.40. The number of aromatic nitrogens is 2. The number of nitrogens with zero attached hydrogens (tertiary/aromatic N) is 3. The average molecular weight is 291 g/mol. The van der Waals surface area contributed by atoms with E-state index in [-0.39, 0.29) is 18.2 Å². The van der Waals surface area contributed by atoms with Gasteiger partial charge in [-0.1, -0.05) is 0 Å². The van der Waals surface area contributed by atoms with Gasteiger partial charge in [-0.15, -0.1) is 0 Å². The highest BCUT2D eigenvalue weighted by Gasteiger charge is 2.40. The highest BCUT2D eigenvalue weighted by atomic mass is 19.2. The van der Waals surface area contributed by atoms with Crippen molar-refractivity contribution in [3.63, 3.8) is 0 Å². The second kappa shape index (κ2) is 4.59. The fraction of sp³-hybridized carbons (Fsp3) is 0.467. The number of hydrogen-bond acceptors (Lipinski definition) is 4. The molecule has 4 nitrogen and oxygen atoms in total. The van der Waals surface area contributed by atoms with Gasteiger partial charge in [-0.2, -0.15) is 0 Å². The average Bonchev–Trinajstić information content (AvgIpc) is 2.72. The van der Waals surface area contributed by atoms with E-state index < -0.39 is 11.6 Å². The summed E-state index contributed by atoms with van der Waals surface area (Å²) in [6.07, 6.45) is 4.88. The Morgan fingerprint density at radius 2 is 1.67 bits per heavy atom. The molecule has 0 saturated carbocycles. The molecule has 2 bridgehead atoms. The summed E-state index contributed by atoms with van der Waals surface area (Å²) in [4.78, 5) is 10.8. The van der Waals surface area contributed by atoms with Gasteiger partial charge < -0.3 is 10.0 Å². The third-order valence-corrected chi connectivity index (χ3v) is 4.54. The van der Waals surface area contributed by atoms with Crippen molar-refractivity contribution >= 4 is 16.9 Å². The van der Waals surface area contributed by atoms with E-state index in [2.05, 4.69) is 14.9 Å². The Morgan fingerprint density at radius 1 is 1.05 bits per heavy atom. The number of hydrogen-bond donors (Lipinski definition) is 1. The van der Waals surface area contributed by atoms with E-state index in [4.69, 9.17) is 0 Å². The maximum Gasteiger partial charge on any atom is 0.161 e. The SMILES string of the molecule is OC1CC2CCC(C1)N2c1cnc2cc(F)c(F)cc2n1. The Balaban J connectivity index is 1.76. The zero-order valence-corrected chi connectivity index (χ0v) is 11.3. The molecule has 1 aromatic carbocycles. The molecule has 0 spiro atoms. The lowest BCUT2D eigenvalue weighted by atomic mass is 10.00. The van der Waals surface area contributed by atoms with Gasteiger partial charge in [-0.05, 0) is 25.7 Å². The molecule has 2 saturated heterocycles. The number of fused-ring (bicyclic) bond motifs is 3. The second-order valence-corrected chi connectivity index (χ2v) is 5.90.